The van der Waals surface area contributed by atoms with E-state index in [1.54, 1.807) is 24.3 Å². The highest BCUT2D eigenvalue weighted by Crippen LogP contribution is 2.15. The van der Waals surface area contributed by atoms with Gasteiger partial charge in [-0.05, 0) is 37.6 Å². The summed E-state index contributed by atoms with van der Waals surface area (Å²) in [6, 6.07) is 6.23. The van der Waals surface area contributed by atoms with Crippen LogP contribution in [0, 0.1) is 0 Å². The first-order valence-electron chi connectivity index (χ1n) is 6.44. The van der Waals surface area contributed by atoms with E-state index in [9.17, 15) is 18.0 Å². The van der Waals surface area contributed by atoms with Crippen LogP contribution in [0.5, 0.6) is 0 Å². The summed E-state index contributed by atoms with van der Waals surface area (Å²) in [5.41, 5.74) is 0.940. The number of benzene rings is 1. The highest BCUT2D eigenvalue weighted by molar-refractivity contribution is 7.92. The fraction of sp³-hybridized carbons (Fsp3) is 0.385. The molecule has 0 aliphatic rings. The molecule has 1 amide bonds. The van der Waals surface area contributed by atoms with Crippen LogP contribution in [-0.2, 0) is 19.6 Å². The Labute approximate surface area is 123 Å². The SMILES string of the molecule is CCS(=O)(=O)Nc1ccc(NC(=O)CCCC(=O)O)cc1. The van der Waals surface area contributed by atoms with Crippen LogP contribution < -0.4 is 10.0 Å². The lowest BCUT2D eigenvalue weighted by molar-refractivity contribution is -0.137. The fourth-order valence-electron chi connectivity index (χ4n) is 1.50. The highest BCUT2D eigenvalue weighted by atomic mass is 32.2. The van der Waals surface area contributed by atoms with Gasteiger partial charge >= 0.3 is 5.97 Å². The minimum atomic E-state index is -3.32. The quantitative estimate of drug-likeness (QED) is 0.675. The van der Waals surface area contributed by atoms with Gasteiger partial charge in [0.1, 0.15) is 0 Å². The molecule has 0 unspecified atom stereocenters. The number of hydrogen-bond acceptors (Lipinski definition) is 4. The van der Waals surface area contributed by atoms with Gasteiger partial charge in [0.15, 0.2) is 0 Å². The van der Waals surface area contributed by atoms with Gasteiger partial charge in [-0.15, -0.1) is 0 Å². The maximum Gasteiger partial charge on any atom is 0.303 e. The zero-order valence-corrected chi connectivity index (χ0v) is 12.4. The Bertz CT molecular complexity index is 595. The van der Waals surface area contributed by atoms with Crippen molar-refractivity contribution in [3.05, 3.63) is 24.3 Å². The molecule has 116 valence electrons. The van der Waals surface area contributed by atoms with Crippen LogP contribution in [0.1, 0.15) is 26.2 Å². The topological polar surface area (TPSA) is 113 Å². The maximum atomic E-state index is 11.5. The van der Waals surface area contributed by atoms with Crippen molar-refractivity contribution in [2.24, 2.45) is 0 Å². The molecule has 7 nitrogen and oxygen atoms in total. The number of rotatable bonds is 8. The first-order valence-corrected chi connectivity index (χ1v) is 8.10. The Morgan fingerprint density at radius 1 is 1.10 bits per heavy atom. The lowest BCUT2D eigenvalue weighted by Crippen LogP contribution is -2.15. The number of carboxylic acids is 1. The Hall–Kier alpha value is -2.09. The lowest BCUT2D eigenvalue weighted by atomic mass is 10.2. The second-order valence-corrected chi connectivity index (χ2v) is 6.39. The van der Waals surface area contributed by atoms with Crippen LogP contribution in [0.25, 0.3) is 0 Å². The third-order valence-electron chi connectivity index (χ3n) is 2.62. The van der Waals surface area contributed by atoms with Gasteiger partial charge in [0.25, 0.3) is 0 Å². The lowest BCUT2D eigenvalue weighted by Gasteiger charge is -2.08. The van der Waals surface area contributed by atoms with Crippen LogP contribution in [0.2, 0.25) is 0 Å². The molecular weight excluding hydrogens is 296 g/mol. The Morgan fingerprint density at radius 2 is 1.67 bits per heavy atom. The molecule has 0 aliphatic heterocycles. The summed E-state index contributed by atoms with van der Waals surface area (Å²) in [6.45, 7) is 1.54. The first kappa shape index (κ1) is 17.0. The van der Waals surface area contributed by atoms with Crippen molar-refractivity contribution in [2.75, 3.05) is 15.8 Å². The monoisotopic (exact) mass is 314 g/mol. The molecule has 1 aromatic carbocycles. The molecule has 0 heterocycles. The molecule has 21 heavy (non-hydrogen) atoms. The molecule has 8 heteroatoms. The van der Waals surface area contributed by atoms with Gasteiger partial charge in [-0.3, -0.25) is 14.3 Å². The van der Waals surface area contributed by atoms with E-state index in [0.717, 1.165) is 0 Å². The van der Waals surface area contributed by atoms with Crippen molar-refractivity contribution in [3.63, 3.8) is 0 Å². The van der Waals surface area contributed by atoms with Gasteiger partial charge in [0, 0.05) is 24.2 Å². The third-order valence-corrected chi connectivity index (χ3v) is 3.92. The van der Waals surface area contributed by atoms with E-state index in [4.69, 9.17) is 5.11 Å². The van der Waals surface area contributed by atoms with Crippen molar-refractivity contribution >= 4 is 33.3 Å². The van der Waals surface area contributed by atoms with Gasteiger partial charge in [-0.25, -0.2) is 8.42 Å². The summed E-state index contributed by atoms with van der Waals surface area (Å²) in [7, 11) is -3.32. The van der Waals surface area contributed by atoms with Crippen molar-refractivity contribution in [1.29, 1.82) is 0 Å². The minimum Gasteiger partial charge on any atom is -0.481 e. The van der Waals surface area contributed by atoms with Crippen LogP contribution in [-0.4, -0.2) is 31.2 Å². The standard InChI is InChI=1S/C13H18N2O5S/c1-2-21(19,20)15-11-8-6-10(7-9-11)14-12(16)4-3-5-13(17)18/h6-9,15H,2-5H2,1H3,(H,14,16)(H,17,18). The van der Waals surface area contributed by atoms with E-state index in [0.29, 0.717) is 11.4 Å². The molecule has 0 saturated carbocycles. The second kappa shape index (κ2) is 7.63. The van der Waals surface area contributed by atoms with Crippen LogP contribution in [0.3, 0.4) is 0 Å². The minimum absolute atomic E-state index is 0.0188. The summed E-state index contributed by atoms with van der Waals surface area (Å²) in [6.07, 6.45) is 0.344. The van der Waals surface area contributed by atoms with E-state index in [1.807, 2.05) is 0 Å². The predicted molar refractivity (Wildman–Crippen MR) is 79.6 cm³/mol. The Morgan fingerprint density at radius 3 is 2.19 bits per heavy atom. The fourth-order valence-corrected chi connectivity index (χ4v) is 2.14. The highest BCUT2D eigenvalue weighted by Gasteiger charge is 2.07. The second-order valence-electron chi connectivity index (χ2n) is 4.38. The molecule has 0 spiro atoms. The molecule has 0 fully saturated rings. The summed E-state index contributed by atoms with van der Waals surface area (Å²) in [4.78, 5) is 21.9. The van der Waals surface area contributed by atoms with Crippen molar-refractivity contribution in [3.8, 4) is 0 Å². The van der Waals surface area contributed by atoms with Crippen LogP contribution in [0.4, 0.5) is 11.4 Å². The predicted octanol–water partition coefficient (Wildman–Crippen LogP) is 1.64. The number of carbonyl (C=O) groups excluding carboxylic acids is 1. The number of carboxylic acid groups (broad SMARTS) is 1. The summed E-state index contributed by atoms with van der Waals surface area (Å²) in [5, 5.41) is 11.1. The average molecular weight is 314 g/mol. The molecule has 0 saturated heterocycles. The van der Waals surface area contributed by atoms with Crippen molar-refractivity contribution in [2.45, 2.75) is 26.2 Å². The smallest absolute Gasteiger partial charge is 0.303 e. The van der Waals surface area contributed by atoms with E-state index in [-0.39, 0.29) is 30.9 Å². The molecule has 1 rings (SSSR count). The van der Waals surface area contributed by atoms with Gasteiger partial charge in [-0.2, -0.15) is 0 Å². The van der Waals surface area contributed by atoms with E-state index in [1.165, 1.54) is 6.92 Å². The molecule has 0 bridgehead atoms. The molecule has 0 aliphatic carbocycles. The largest absolute Gasteiger partial charge is 0.481 e. The summed E-state index contributed by atoms with van der Waals surface area (Å²) < 4.78 is 25.1. The number of carbonyl (C=O) groups is 2. The number of sulfonamides is 1. The maximum absolute atomic E-state index is 11.5. The molecule has 1 aromatic rings. The van der Waals surface area contributed by atoms with Gasteiger partial charge in [0.2, 0.25) is 15.9 Å². The Kier molecular flexibility index (Phi) is 6.16. The van der Waals surface area contributed by atoms with Crippen molar-refractivity contribution < 1.29 is 23.1 Å². The van der Waals surface area contributed by atoms with Crippen LogP contribution in [0.15, 0.2) is 24.3 Å². The van der Waals surface area contributed by atoms with Gasteiger partial charge < -0.3 is 10.4 Å². The zero-order valence-electron chi connectivity index (χ0n) is 11.6. The first-order chi connectivity index (χ1) is 9.82. The average Bonchev–Trinajstić information content (AvgIpc) is 2.40. The normalized spacial score (nSPS) is 10.9. The Balaban J connectivity index is 2.51. The zero-order chi connectivity index (χ0) is 15.9. The number of anilines is 2. The molecular formula is C13H18N2O5S. The van der Waals surface area contributed by atoms with Gasteiger partial charge in [-0.1, -0.05) is 0 Å². The van der Waals surface area contributed by atoms with Gasteiger partial charge in [0.05, 0.1) is 5.75 Å². The summed E-state index contributed by atoms with van der Waals surface area (Å²) >= 11 is 0. The molecule has 0 aromatic heterocycles. The third kappa shape index (κ3) is 6.75. The molecule has 0 radical (unpaired) electrons. The number of amides is 1. The molecule has 0 atom stereocenters. The number of nitrogens with one attached hydrogen (secondary N) is 2. The van der Waals surface area contributed by atoms with Crippen LogP contribution >= 0.6 is 0 Å². The summed E-state index contributed by atoms with van der Waals surface area (Å²) in [5.74, 6) is -1.23. The van der Waals surface area contributed by atoms with E-state index in [2.05, 4.69) is 10.0 Å². The number of hydrogen-bond donors (Lipinski definition) is 3. The van der Waals surface area contributed by atoms with E-state index >= 15 is 0 Å². The number of aliphatic carboxylic acids is 1. The molecule has 3 N–H and O–H groups in total. The van der Waals surface area contributed by atoms with E-state index < -0.39 is 16.0 Å². The van der Waals surface area contributed by atoms with Crippen molar-refractivity contribution in [1.82, 2.24) is 0 Å².